The molecule has 0 saturated heterocycles. The lowest BCUT2D eigenvalue weighted by molar-refractivity contribution is -0.123. The van der Waals surface area contributed by atoms with Crippen LogP contribution in [-0.4, -0.2) is 80.0 Å². The van der Waals surface area contributed by atoms with Crippen molar-refractivity contribution in [3.05, 3.63) is 6.92 Å². The van der Waals surface area contributed by atoms with Crippen molar-refractivity contribution >= 4 is 0 Å². The van der Waals surface area contributed by atoms with Crippen LogP contribution in [0.15, 0.2) is 0 Å². The second-order valence-corrected chi connectivity index (χ2v) is 2.70. The molecule has 0 aliphatic carbocycles. The van der Waals surface area contributed by atoms with E-state index in [0.717, 1.165) is 0 Å². The van der Waals surface area contributed by atoms with Crippen molar-refractivity contribution in [1.82, 2.24) is 0 Å². The fourth-order valence-corrected chi connectivity index (χ4v) is 0.671. The standard InChI is InChI=1S/C6H14O6.C2H5O/c7-1-3(9)5(11)6(12)4(10)2-8;1-2-3/h3-12H,1-2H2;3H,1-2H2. The molecule has 93 valence electrons. The first-order chi connectivity index (χ1) is 6.95. The molecule has 1 radical (unpaired) electrons. The third kappa shape index (κ3) is 7.63. The van der Waals surface area contributed by atoms with E-state index in [1.54, 1.807) is 0 Å². The van der Waals surface area contributed by atoms with Crippen LogP contribution < -0.4 is 0 Å². The smallest absolute Gasteiger partial charge is 0.111 e. The van der Waals surface area contributed by atoms with Gasteiger partial charge in [-0.1, -0.05) is 0 Å². The summed E-state index contributed by atoms with van der Waals surface area (Å²) >= 11 is 0. The third-order valence-corrected chi connectivity index (χ3v) is 1.51. The largest absolute Gasteiger partial charge is 0.396 e. The minimum Gasteiger partial charge on any atom is -0.396 e. The molecule has 0 aromatic carbocycles. The van der Waals surface area contributed by atoms with Gasteiger partial charge in [-0.25, -0.2) is 0 Å². The molecule has 0 aromatic rings. The number of hydrogen-bond acceptors (Lipinski definition) is 7. The highest BCUT2D eigenvalue weighted by molar-refractivity contribution is 4.79. The van der Waals surface area contributed by atoms with E-state index >= 15 is 0 Å². The van der Waals surface area contributed by atoms with Gasteiger partial charge >= 0.3 is 0 Å². The van der Waals surface area contributed by atoms with Crippen LogP contribution in [0.25, 0.3) is 0 Å². The van der Waals surface area contributed by atoms with Gasteiger partial charge in [0.2, 0.25) is 0 Å². The minimum atomic E-state index is -1.67. The SMILES string of the molecule is OCC(O)C(O)C(O)C(O)CO.[CH2]CO. The number of aliphatic hydroxyl groups excluding tert-OH is 7. The van der Waals surface area contributed by atoms with E-state index in [4.69, 9.17) is 35.7 Å². The topological polar surface area (TPSA) is 142 Å². The zero-order chi connectivity index (χ0) is 12.4. The molecule has 0 spiro atoms. The molecule has 4 unspecified atom stereocenters. The summed E-state index contributed by atoms with van der Waals surface area (Å²) in [6, 6.07) is 0. The summed E-state index contributed by atoms with van der Waals surface area (Å²) in [5.41, 5.74) is 0. The Bertz CT molecular complexity index is 118. The lowest BCUT2D eigenvalue weighted by Crippen LogP contribution is -2.46. The predicted molar refractivity (Wildman–Crippen MR) is 50.6 cm³/mol. The van der Waals surface area contributed by atoms with Gasteiger partial charge in [-0.3, -0.25) is 0 Å². The summed E-state index contributed by atoms with van der Waals surface area (Å²) in [6.45, 7) is 1.59. The Balaban J connectivity index is 0. The molecule has 4 atom stereocenters. The molecule has 0 saturated carbocycles. The summed E-state index contributed by atoms with van der Waals surface area (Å²) in [6.07, 6.45) is -6.39. The van der Waals surface area contributed by atoms with Crippen molar-refractivity contribution in [2.75, 3.05) is 19.8 Å². The molecule has 15 heavy (non-hydrogen) atoms. The first-order valence-electron chi connectivity index (χ1n) is 4.30. The molecule has 7 N–H and O–H groups in total. The summed E-state index contributed by atoms with van der Waals surface area (Å²) in [5, 5.41) is 59.6. The zero-order valence-electron chi connectivity index (χ0n) is 8.27. The molecule has 7 nitrogen and oxygen atoms in total. The van der Waals surface area contributed by atoms with E-state index in [2.05, 4.69) is 6.92 Å². The van der Waals surface area contributed by atoms with Crippen LogP contribution in [0.3, 0.4) is 0 Å². The summed E-state index contributed by atoms with van der Waals surface area (Å²) < 4.78 is 0. The van der Waals surface area contributed by atoms with Gasteiger partial charge in [-0.15, -0.1) is 0 Å². The molecule has 0 amide bonds. The lowest BCUT2D eigenvalue weighted by Gasteiger charge is -2.24. The molecule has 0 rings (SSSR count). The number of aliphatic hydroxyl groups is 7. The van der Waals surface area contributed by atoms with Crippen molar-refractivity contribution in [3.63, 3.8) is 0 Å². The predicted octanol–water partition coefficient (Wildman–Crippen LogP) is -3.77. The highest BCUT2D eigenvalue weighted by atomic mass is 16.4. The average Bonchev–Trinajstić information content (AvgIpc) is 2.25. The maximum absolute atomic E-state index is 8.96. The average molecular weight is 227 g/mol. The van der Waals surface area contributed by atoms with Gasteiger partial charge in [0, 0.05) is 6.61 Å². The highest BCUT2D eigenvalue weighted by Crippen LogP contribution is 2.03. The van der Waals surface area contributed by atoms with Gasteiger partial charge < -0.3 is 35.7 Å². The normalized spacial score (nSPS) is 18.4. The van der Waals surface area contributed by atoms with E-state index in [1.165, 1.54) is 0 Å². The minimum absolute atomic E-state index is 0. The molecule has 0 aromatic heterocycles. The second kappa shape index (κ2) is 10.2. The highest BCUT2D eigenvalue weighted by Gasteiger charge is 2.29. The van der Waals surface area contributed by atoms with Crippen molar-refractivity contribution in [3.8, 4) is 0 Å². The Morgan fingerprint density at radius 1 is 0.733 bits per heavy atom. The first-order valence-corrected chi connectivity index (χ1v) is 4.30. The van der Waals surface area contributed by atoms with Crippen LogP contribution in [0.5, 0.6) is 0 Å². The Morgan fingerprint density at radius 2 is 0.933 bits per heavy atom. The van der Waals surface area contributed by atoms with Gasteiger partial charge in [-0.2, -0.15) is 0 Å². The Morgan fingerprint density at radius 3 is 1.07 bits per heavy atom. The van der Waals surface area contributed by atoms with E-state index in [1.807, 2.05) is 0 Å². The quantitative estimate of drug-likeness (QED) is 0.255. The first kappa shape index (κ1) is 17.1. The fraction of sp³-hybridized carbons (Fsp3) is 0.875. The molecule has 0 heterocycles. The van der Waals surface area contributed by atoms with E-state index in [0.29, 0.717) is 0 Å². The maximum atomic E-state index is 8.96. The zero-order valence-corrected chi connectivity index (χ0v) is 8.27. The molecule has 0 aliphatic heterocycles. The molecule has 0 bridgehead atoms. The summed E-state index contributed by atoms with van der Waals surface area (Å²) in [7, 11) is 0. The lowest BCUT2D eigenvalue weighted by atomic mass is 10.0. The summed E-state index contributed by atoms with van der Waals surface area (Å²) in [5.74, 6) is 0. The second-order valence-electron chi connectivity index (χ2n) is 2.70. The van der Waals surface area contributed by atoms with Gasteiger partial charge in [0.25, 0.3) is 0 Å². The van der Waals surface area contributed by atoms with E-state index in [-0.39, 0.29) is 6.61 Å². The Hall–Kier alpha value is -0.280. The van der Waals surface area contributed by atoms with Gasteiger partial charge in [0.1, 0.15) is 24.4 Å². The van der Waals surface area contributed by atoms with Crippen LogP contribution in [-0.2, 0) is 0 Å². The molecular weight excluding hydrogens is 208 g/mol. The van der Waals surface area contributed by atoms with Crippen LogP contribution in [0.1, 0.15) is 0 Å². The van der Waals surface area contributed by atoms with Crippen LogP contribution in [0, 0.1) is 6.92 Å². The van der Waals surface area contributed by atoms with Crippen molar-refractivity contribution in [1.29, 1.82) is 0 Å². The van der Waals surface area contributed by atoms with Crippen molar-refractivity contribution in [2.24, 2.45) is 0 Å². The number of hydrogen-bond donors (Lipinski definition) is 7. The van der Waals surface area contributed by atoms with Gasteiger partial charge in [-0.05, 0) is 6.92 Å². The fourth-order valence-electron chi connectivity index (χ4n) is 0.671. The van der Waals surface area contributed by atoms with Gasteiger partial charge in [0.05, 0.1) is 13.2 Å². The monoisotopic (exact) mass is 227 g/mol. The van der Waals surface area contributed by atoms with Crippen molar-refractivity contribution < 1.29 is 35.7 Å². The molecule has 0 aliphatic rings. The molecule has 0 fully saturated rings. The third-order valence-electron chi connectivity index (χ3n) is 1.51. The van der Waals surface area contributed by atoms with E-state index < -0.39 is 37.6 Å². The Labute approximate surface area is 87.9 Å². The van der Waals surface area contributed by atoms with Crippen LogP contribution >= 0.6 is 0 Å². The van der Waals surface area contributed by atoms with Crippen LogP contribution in [0.2, 0.25) is 0 Å². The van der Waals surface area contributed by atoms with Crippen molar-refractivity contribution in [2.45, 2.75) is 24.4 Å². The summed E-state index contributed by atoms with van der Waals surface area (Å²) in [4.78, 5) is 0. The number of rotatable bonds is 5. The van der Waals surface area contributed by atoms with Crippen LogP contribution in [0.4, 0.5) is 0 Å². The molecular formula is C8H19O7. The Kier molecular flexibility index (Phi) is 11.7. The maximum Gasteiger partial charge on any atom is 0.111 e. The van der Waals surface area contributed by atoms with Gasteiger partial charge in [0.15, 0.2) is 0 Å². The van der Waals surface area contributed by atoms with E-state index in [9.17, 15) is 0 Å². The molecule has 7 heteroatoms.